The molecule has 3 rings (SSSR count). The van der Waals surface area contributed by atoms with Crippen LogP contribution in [-0.2, 0) is 0 Å². The maximum Gasteiger partial charge on any atom is 0.232 e. The number of fused-ring (bicyclic) bond motifs is 1. The fraction of sp³-hybridized carbons (Fsp3) is 0.400. The highest BCUT2D eigenvalue weighted by Crippen LogP contribution is 2.39. The first-order valence-corrected chi connectivity index (χ1v) is 6.80. The molecular formula is C15H16FN3O2. The van der Waals surface area contributed by atoms with E-state index in [1.54, 1.807) is 0 Å². The summed E-state index contributed by atoms with van der Waals surface area (Å²) in [6, 6.07) is 9.15. The van der Waals surface area contributed by atoms with E-state index in [2.05, 4.69) is 10.1 Å². The number of halogens is 1. The smallest absolute Gasteiger partial charge is 0.232 e. The van der Waals surface area contributed by atoms with Crippen molar-refractivity contribution in [3.05, 3.63) is 47.5 Å². The van der Waals surface area contributed by atoms with Crippen molar-refractivity contribution in [2.75, 3.05) is 0 Å². The van der Waals surface area contributed by atoms with E-state index < -0.39 is 17.6 Å². The lowest BCUT2D eigenvalue weighted by atomic mass is 10.0. The summed E-state index contributed by atoms with van der Waals surface area (Å²) in [7, 11) is 0. The van der Waals surface area contributed by atoms with Crippen molar-refractivity contribution in [2.45, 2.75) is 38.1 Å². The number of carbonyl (C=O) groups excluding carboxylic acids is 1. The molecule has 0 fully saturated rings. The number of hydrogen-bond donors (Lipinski definition) is 1. The van der Waals surface area contributed by atoms with Gasteiger partial charge in [-0.25, -0.2) is 14.1 Å². The Kier molecular flexibility index (Phi) is 3.13. The first-order valence-electron chi connectivity index (χ1n) is 6.80. The van der Waals surface area contributed by atoms with E-state index in [0.29, 0.717) is 0 Å². The van der Waals surface area contributed by atoms with E-state index in [4.69, 9.17) is 0 Å². The number of aromatic nitrogens is 3. The molecule has 2 heterocycles. The van der Waals surface area contributed by atoms with E-state index in [1.165, 1.54) is 18.5 Å². The summed E-state index contributed by atoms with van der Waals surface area (Å²) in [6.45, 7) is 2.73. The van der Waals surface area contributed by atoms with Crippen LogP contribution in [0.4, 0.5) is 4.39 Å². The lowest BCUT2D eigenvalue weighted by Crippen LogP contribution is -2.32. The second kappa shape index (κ2) is 4.73. The van der Waals surface area contributed by atoms with Crippen LogP contribution in [0.1, 0.15) is 54.5 Å². The number of alkyl halides is 1. The predicted octanol–water partition coefficient (Wildman–Crippen LogP) is 2.24. The summed E-state index contributed by atoms with van der Waals surface area (Å²) in [5.74, 6) is -0.597. The van der Waals surface area contributed by atoms with E-state index in [-0.39, 0.29) is 24.1 Å². The Morgan fingerprint density at radius 2 is 2.05 bits per heavy atom. The minimum absolute atomic E-state index is 0.138. The molecule has 1 N–H and O–H groups in total. The zero-order valence-corrected chi connectivity index (χ0v) is 11.8. The van der Waals surface area contributed by atoms with Crippen LogP contribution in [0.3, 0.4) is 0 Å². The average Bonchev–Trinajstić information content (AvgIpc) is 2.99. The number of ketones is 1. The third-order valence-electron chi connectivity index (χ3n) is 3.61. The second-order valence-electron chi connectivity index (χ2n) is 5.76. The van der Waals surface area contributed by atoms with E-state index >= 15 is 0 Å². The fourth-order valence-electron chi connectivity index (χ4n) is 2.50. The van der Waals surface area contributed by atoms with Crippen LogP contribution in [0.2, 0.25) is 0 Å². The molecule has 1 aliphatic rings. The monoisotopic (exact) mass is 289 g/mol. The Labute approximate surface area is 121 Å². The minimum atomic E-state index is -1.57. The molecule has 21 heavy (non-hydrogen) atoms. The number of nitrogens with zero attached hydrogens (tertiary/aromatic N) is 3. The van der Waals surface area contributed by atoms with Crippen molar-refractivity contribution in [1.82, 2.24) is 14.8 Å². The van der Waals surface area contributed by atoms with Crippen molar-refractivity contribution in [2.24, 2.45) is 0 Å². The van der Waals surface area contributed by atoms with Gasteiger partial charge in [0.25, 0.3) is 0 Å². The molecule has 1 aliphatic heterocycles. The van der Waals surface area contributed by atoms with E-state index in [9.17, 15) is 14.3 Å². The van der Waals surface area contributed by atoms with Crippen molar-refractivity contribution in [1.29, 1.82) is 0 Å². The Bertz CT molecular complexity index is 676. The molecule has 1 aromatic heterocycles. The Morgan fingerprint density at radius 1 is 1.38 bits per heavy atom. The lowest BCUT2D eigenvalue weighted by molar-refractivity contribution is 0.0475. The van der Waals surface area contributed by atoms with Crippen molar-refractivity contribution in [3.63, 3.8) is 0 Å². The van der Waals surface area contributed by atoms with E-state index in [1.807, 2.05) is 30.3 Å². The SMILES string of the molecule is CC(C)(O)C(=O)c1nc2n(n1)[C@@H](c1ccccc1)C[C@H]2F. The van der Waals surface area contributed by atoms with Gasteiger partial charge < -0.3 is 5.11 Å². The molecule has 0 amide bonds. The lowest BCUT2D eigenvalue weighted by Gasteiger charge is -2.13. The second-order valence-corrected chi connectivity index (χ2v) is 5.76. The Morgan fingerprint density at radius 3 is 2.67 bits per heavy atom. The third kappa shape index (κ3) is 2.35. The predicted molar refractivity (Wildman–Crippen MR) is 73.7 cm³/mol. The van der Waals surface area contributed by atoms with Crippen LogP contribution >= 0.6 is 0 Å². The van der Waals surface area contributed by atoms with Gasteiger partial charge in [0.05, 0.1) is 6.04 Å². The quantitative estimate of drug-likeness (QED) is 0.880. The number of benzene rings is 1. The van der Waals surface area contributed by atoms with Gasteiger partial charge >= 0.3 is 0 Å². The summed E-state index contributed by atoms with van der Waals surface area (Å²) in [6.07, 6.45) is -0.998. The molecule has 0 bridgehead atoms. The third-order valence-corrected chi connectivity index (χ3v) is 3.61. The molecule has 2 atom stereocenters. The maximum atomic E-state index is 14.1. The highest BCUT2D eigenvalue weighted by molar-refractivity contribution is 5.98. The molecule has 0 saturated heterocycles. The van der Waals surface area contributed by atoms with Crippen LogP contribution in [0.15, 0.2) is 30.3 Å². The molecule has 0 spiro atoms. The number of rotatable bonds is 3. The standard InChI is InChI=1S/C15H16FN3O2/c1-15(2,21)12(20)13-17-14-10(16)8-11(19(14)18-13)9-6-4-3-5-7-9/h3-7,10-11,21H,8H2,1-2H3/t10-,11-/m1/s1. The first-order chi connectivity index (χ1) is 9.88. The summed E-state index contributed by atoms with van der Waals surface area (Å²) >= 11 is 0. The number of aliphatic hydroxyl groups is 1. The van der Waals surface area contributed by atoms with Crippen LogP contribution < -0.4 is 0 Å². The van der Waals surface area contributed by atoms with Gasteiger partial charge in [-0.05, 0) is 19.4 Å². The van der Waals surface area contributed by atoms with Crippen molar-refractivity contribution < 1.29 is 14.3 Å². The molecule has 110 valence electrons. The molecule has 0 unspecified atom stereocenters. The number of Topliss-reactive ketones (excluding diaryl/α,β-unsaturated/α-hetero) is 1. The van der Waals surface area contributed by atoms with Gasteiger partial charge in [0, 0.05) is 6.42 Å². The topological polar surface area (TPSA) is 68.0 Å². The fourth-order valence-corrected chi connectivity index (χ4v) is 2.50. The molecule has 1 aromatic carbocycles. The summed E-state index contributed by atoms with van der Waals surface area (Å²) in [4.78, 5) is 16.0. The summed E-state index contributed by atoms with van der Waals surface area (Å²) < 4.78 is 15.6. The van der Waals surface area contributed by atoms with Crippen LogP contribution in [-0.4, -0.2) is 31.3 Å². The Balaban J connectivity index is 2.01. The minimum Gasteiger partial charge on any atom is -0.382 e. The highest BCUT2D eigenvalue weighted by atomic mass is 19.1. The number of hydrogen-bond acceptors (Lipinski definition) is 4. The largest absolute Gasteiger partial charge is 0.382 e. The van der Waals surface area contributed by atoms with Gasteiger partial charge in [-0.2, -0.15) is 0 Å². The highest BCUT2D eigenvalue weighted by Gasteiger charge is 2.38. The average molecular weight is 289 g/mol. The van der Waals surface area contributed by atoms with Gasteiger partial charge in [0.2, 0.25) is 11.6 Å². The molecule has 6 heteroatoms. The molecular weight excluding hydrogens is 273 g/mol. The molecule has 0 radical (unpaired) electrons. The molecule has 0 saturated carbocycles. The normalized spacial score (nSPS) is 21.3. The van der Waals surface area contributed by atoms with E-state index in [0.717, 1.165) is 5.56 Å². The molecule has 0 aliphatic carbocycles. The van der Waals surface area contributed by atoms with Crippen molar-refractivity contribution >= 4 is 5.78 Å². The zero-order valence-electron chi connectivity index (χ0n) is 11.8. The van der Waals surface area contributed by atoms with Crippen LogP contribution in [0, 0.1) is 0 Å². The van der Waals surface area contributed by atoms with Crippen LogP contribution in [0.25, 0.3) is 0 Å². The Hall–Kier alpha value is -2.08. The maximum absolute atomic E-state index is 14.1. The molecule has 2 aromatic rings. The van der Waals surface area contributed by atoms with Crippen LogP contribution in [0.5, 0.6) is 0 Å². The summed E-state index contributed by atoms with van der Waals surface area (Å²) in [5.41, 5.74) is -0.650. The van der Waals surface area contributed by atoms with Gasteiger partial charge in [-0.3, -0.25) is 4.79 Å². The van der Waals surface area contributed by atoms with Crippen molar-refractivity contribution in [3.8, 4) is 0 Å². The summed E-state index contributed by atoms with van der Waals surface area (Å²) in [5, 5.41) is 13.9. The van der Waals surface area contributed by atoms with Gasteiger partial charge in [0.15, 0.2) is 12.0 Å². The van der Waals surface area contributed by atoms with Gasteiger partial charge in [-0.1, -0.05) is 30.3 Å². The first kappa shape index (κ1) is 13.9. The molecule has 5 nitrogen and oxygen atoms in total. The van der Waals surface area contributed by atoms with Gasteiger partial charge in [-0.15, -0.1) is 5.10 Å². The van der Waals surface area contributed by atoms with Gasteiger partial charge in [0.1, 0.15) is 5.60 Å². The zero-order chi connectivity index (χ0) is 15.2. The number of carbonyl (C=O) groups is 1.